The maximum atomic E-state index is 12.1. The predicted molar refractivity (Wildman–Crippen MR) is 75.1 cm³/mol. The minimum Gasteiger partial charge on any atom is -0.370 e. The summed E-state index contributed by atoms with van der Waals surface area (Å²) in [6.45, 7) is 3.65. The van der Waals surface area contributed by atoms with Crippen molar-refractivity contribution in [2.24, 2.45) is 11.3 Å². The van der Waals surface area contributed by atoms with E-state index >= 15 is 0 Å². The second-order valence-corrected chi connectivity index (χ2v) is 5.76. The van der Waals surface area contributed by atoms with Crippen molar-refractivity contribution in [3.05, 3.63) is 23.9 Å². The molecule has 1 aromatic heterocycles. The van der Waals surface area contributed by atoms with Crippen LogP contribution >= 0.6 is 0 Å². The van der Waals surface area contributed by atoms with Gasteiger partial charge in [0.05, 0.1) is 0 Å². The normalized spacial score (nSPS) is 19.8. The molecule has 2 aliphatic rings. The van der Waals surface area contributed by atoms with Crippen LogP contribution in [0.2, 0.25) is 0 Å². The summed E-state index contributed by atoms with van der Waals surface area (Å²) < 4.78 is 0. The Morgan fingerprint density at radius 1 is 1.42 bits per heavy atom. The van der Waals surface area contributed by atoms with Crippen LogP contribution in [0.25, 0.3) is 0 Å². The number of pyridine rings is 1. The number of rotatable bonds is 6. The molecule has 102 valence electrons. The van der Waals surface area contributed by atoms with Gasteiger partial charge in [0.15, 0.2) is 0 Å². The molecule has 0 saturated heterocycles. The summed E-state index contributed by atoms with van der Waals surface area (Å²) in [6, 6.07) is 5.52. The monoisotopic (exact) mass is 259 g/mol. The van der Waals surface area contributed by atoms with Crippen molar-refractivity contribution in [1.29, 1.82) is 0 Å². The Morgan fingerprint density at radius 3 is 2.84 bits per heavy atom. The van der Waals surface area contributed by atoms with E-state index in [9.17, 15) is 4.79 Å². The molecule has 0 aromatic carbocycles. The Bertz CT molecular complexity index is 478. The van der Waals surface area contributed by atoms with Crippen molar-refractivity contribution in [2.75, 3.05) is 18.4 Å². The van der Waals surface area contributed by atoms with Crippen LogP contribution in [-0.2, 0) is 0 Å². The molecule has 0 unspecified atom stereocenters. The molecule has 0 aliphatic heterocycles. The first-order valence-corrected chi connectivity index (χ1v) is 7.23. The number of hydrogen-bond acceptors (Lipinski definition) is 3. The van der Waals surface area contributed by atoms with Gasteiger partial charge < -0.3 is 10.6 Å². The zero-order valence-electron chi connectivity index (χ0n) is 11.4. The van der Waals surface area contributed by atoms with E-state index < -0.39 is 0 Å². The third-order valence-electron chi connectivity index (χ3n) is 4.28. The summed E-state index contributed by atoms with van der Waals surface area (Å²) in [6.07, 6.45) is 5.26. The first kappa shape index (κ1) is 12.5. The fourth-order valence-corrected chi connectivity index (χ4v) is 2.77. The van der Waals surface area contributed by atoms with Crippen LogP contribution in [-0.4, -0.2) is 24.0 Å². The quantitative estimate of drug-likeness (QED) is 0.825. The zero-order chi connectivity index (χ0) is 13.3. The predicted octanol–water partition coefficient (Wildman–Crippen LogP) is 2.43. The molecule has 1 amide bonds. The van der Waals surface area contributed by atoms with Crippen LogP contribution < -0.4 is 10.6 Å². The first-order valence-electron chi connectivity index (χ1n) is 7.23. The summed E-state index contributed by atoms with van der Waals surface area (Å²) in [4.78, 5) is 16.4. The van der Waals surface area contributed by atoms with E-state index in [1.165, 1.54) is 25.7 Å². The lowest BCUT2D eigenvalue weighted by Gasteiger charge is -2.14. The van der Waals surface area contributed by atoms with E-state index in [0.29, 0.717) is 11.1 Å². The van der Waals surface area contributed by atoms with Crippen LogP contribution in [0.1, 0.15) is 43.1 Å². The van der Waals surface area contributed by atoms with Crippen molar-refractivity contribution in [3.8, 4) is 0 Å². The molecule has 2 fully saturated rings. The van der Waals surface area contributed by atoms with E-state index in [2.05, 4.69) is 15.6 Å². The van der Waals surface area contributed by atoms with Crippen LogP contribution in [0.5, 0.6) is 0 Å². The van der Waals surface area contributed by atoms with Crippen LogP contribution in [0.15, 0.2) is 18.2 Å². The van der Waals surface area contributed by atoms with Crippen molar-refractivity contribution in [3.63, 3.8) is 0 Å². The first-order chi connectivity index (χ1) is 9.23. The SMILES string of the molecule is CCNc1cccc(C(=O)NCC2(C3CC3)CC2)n1. The van der Waals surface area contributed by atoms with Crippen molar-refractivity contribution in [1.82, 2.24) is 10.3 Å². The van der Waals surface area contributed by atoms with Gasteiger partial charge in [-0.2, -0.15) is 0 Å². The van der Waals surface area contributed by atoms with E-state index in [1.807, 2.05) is 19.1 Å². The summed E-state index contributed by atoms with van der Waals surface area (Å²) in [7, 11) is 0. The Hall–Kier alpha value is -1.58. The molecular weight excluding hydrogens is 238 g/mol. The summed E-state index contributed by atoms with van der Waals surface area (Å²) in [5, 5.41) is 6.19. The summed E-state index contributed by atoms with van der Waals surface area (Å²) in [5.41, 5.74) is 0.944. The minimum atomic E-state index is -0.0494. The van der Waals surface area contributed by atoms with Crippen LogP contribution in [0.3, 0.4) is 0 Å². The lowest BCUT2D eigenvalue weighted by molar-refractivity contribution is 0.0937. The Morgan fingerprint density at radius 2 is 2.21 bits per heavy atom. The van der Waals surface area contributed by atoms with E-state index in [0.717, 1.165) is 24.8 Å². The smallest absolute Gasteiger partial charge is 0.269 e. The number of nitrogens with one attached hydrogen (secondary N) is 2. The van der Waals surface area contributed by atoms with Crippen molar-refractivity contribution in [2.45, 2.75) is 32.6 Å². The molecule has 2 saturated carbocycles. The molecule has 4 heteroatoms. The van der Waals surface area contributed by atoms with Gasteiger partial charge in [-0.05, 0) is 56.1 Å². The van der Waals surface area contributed by atoms with Gasteiger partial charge in [-0.25, -0.2) is 4.98 Å². The number of aromatic nitrogens is 1. The molecule has 2 aliphatic carbocycles. The molecule has 0 spiro atoms. The number of hydrogen-bond donors (Lipinski definition) is 2. The average Bonchev–Trinajstić information content (AvgIpc) is 3.28. The molecule has 1 aromatic rings. The van der Waals surface area contributed by atoms with Gasteiger partial charge in [0.1, 0.15) is 11.5 Å². The second kappa shape index (κ2) is 4.83. The van der Waals surface area contributed by atoms with Gasteiger partial charge in [-0.15, -0.1) is 0 Å². The van der Waals surface area contributed by atoms with Gasteiger partial charge in [0, 0.05) is 13.1 Å². The zero-order valence-corrected chi connectivity index (χ0v) is 11.4. The molecule has 0 bridgehead atoms. The maximum absolute atomic E-state index is 12.1. The number of anilines is 1. The van der Waals surface area contributed by atoms with E-state index in [-0.39, 0.29) is 5.91 Å². The molecule has 0 atom stereocenters. The lowest BCUT2D eigenvalue weighted by atomic mass is 10.0. The number of carbonyl (C=O) groups excluding carboxylic acids is 1. The molecule has 19 heavy (non-hydrogen) atoms. The Labute approximate surface area is 114 Å². The third kappa shape index (κ3) is 2.72. The average molecular weight is 259 g/mol. The molecule has 2 N–H and O–H groups in total. The topological polar surface area (TPSA) is 54.0 Å². The summed E-state index contributed by atoms with van der Waals surface area (Å²) in [5.74, 6) is 1.58. The number of amides is 1. The molecule has 0 radical (unpaired) electrons. The highest BCUT2D eigenvalue weighted by Crippen LogP contribution is 2.60. The highest BCUT2D eigenvalue weighted by Gasteiger charge is 2.53. The lowest BCUT2D eigenvalue weighted by Crippen LogP contribution is -2.31. The van der Waals surface area contributed by atoms with Gasteiger partial charge in [-0.3, -0.25) is 4.79 Å². The fraction of sp³-hybridized carbons (Fsp3) is 0.600. The highest BCUT2D eigenvalue weighted by atomic mass is 16.1. The second-order valence-electron chi connectivity index (χ2n) is 5.76. The van der Waals surface area contributed by atoms with E-state index in [1.54, 1.807) is 6.07 Å². The molecular formula is C15H21N3O. The minimum absolute atomic E-state index is 0.0494. The van der Waals surface area contributed by atoms with Gasteiger partial charge in [-0.1, -0.05) is 6.07 Å². The fourth-order valence-electron chi connectivity index (χ4n) is 2.77. The van der Waals surface area contributed by atoms with Gasteiger partial charge in [0.25, 0.3) is 5.91 Å². The largest absolute Gasteiger partial charge is 0.370 e. The third-order valence-corrected chi connectivity index (χ3v) is 4.28. The van der Waals surface area contributed by atoms with Crippen LogP contribution in [0, 0.1) is 11.3 Å². The van der Waals surface area contributed by atoms with Gasteiger partial charge >= 0.3 is 0 Å². The van der Waals surface area contributed by atoms with Crippen LogP contribution in [0.4, 0.5) is 5.82 Å². The maximum Gasteiger partial charge on any atom is 0.269 e. The summed E-state index contributed by atoms with van der Waals surface area (Å²) >= 11 is 0. The van der Waals surface area contributed by atoms with Crippen molar-refractivity contribution < 1.29 is 4.79 Å². The van der Waals surface area contributed by atoms with E-state index in [4.69, 9.17) is 0 Å². The molecule has 3 rings (SSSR count). The molecule has 1 heterocycles. The van der Waals surface area contributed by atoms with Crippen molar-refractivity contribution >= 4 is 11.7 Å². The van der Waals surface area contributed by atoms with Gasteiger partial charge in [0.2, 0.25) is 0 Å². The number of carbonyl (C=O) groups is 1. The Kier molecular flexibility index (Phi) is 3.17. The standard InChI is InChI=1S/C15H21N3O/c1-2-16-13-5-3-4-12(18-13)14(19)17-10-15(8-9-15)11-6-7-11/h3-5,11H,2,6-10H2,1H3,(H,16,18)(H,17,19). The molecule has 4 nitrogen and oxygen atoms in total. The highest BCUT2D eigenvalue weighted by molar-refractivity contribution is 5.92. The Balaban J connectivity index is 1.59. The number of nitrogens with zero attached hydrogens (tertiary/aromatic N) is 1.